The van der Waals surface area contributed by atoms with Crippen molar-refractivity contribution in [2.75, 3.05) is 5.73 Å². The number of nitrogens with zero attached hydrogens (tertiary/aromatic N) is 2. The van der Waals surface area contributed by atoms with Gasteiger partial charge in [0.1, 0.15) is 5.01 Å². The second-order valence-electron chi connectivity index (χ2n) is 2.14. The summed E-state index contributed by atoms with van der Waals surface area (Å²) >= 11 is 1.46. The number of allylic oxidation sites excluding steroid dienone is 2. The van der Waals surface area contributed by atoms with Gasteiger partial charge in [0.25, 0.3) is 0 Å². The number of aryl methyl sites for hydroxylation is 1. The van der Waals surface area contributed by atoms with Gasteiger partial charge in [0.05, 0.1) is 0 Å². The van der Waals surface area contributed by atoms with Crippen LogP contribution in [0.4, 0.5) is 5.13 Å². The molecule has 0 aliphatic rings. The second kappa shape index (κ2) is 4.08. The first-order valence-corrected chi connectivity index (χ1v) is 4.33. The smallest absolute Gasteiger partial charge is 0.203 e. The second-order valence-corrected chi connectivity index (χ2v) is 3.24. The van der Waals surface area contributed by atoms with Crippen LogP contribution < -0.4 is 5.73 Å². The largest absolute Gasteiger partial charge is 0.374 e. The Morgan fingerprint density at radius 3 is 2.91 bits per heavy atom. The van der Waals surface area contributed by atoms with Crippen molar-refractivity contribution >= 4 is 16.5 Å². The average molecular weight is 169 g/mol. The van der Waals surface area contributed by atoms with E-state index in [1.54, 1.807) is 0 Å². The third kappa shape index (κ3) is 2.67. The quantitative estimate of drug-likeness (QED) is 0.700. The first-order chi connectivity index (χ1) is 5.33. The summed E-state index contributed by atoms with van der Waals surface area (Å²) in [7, 11) is 0. The first kappa shape index (κ1) is 8.20. The van der Waals surface area contributed by atoms with Gasteiger partial charge in [-0.05, 0) is 13.3 Å². The predicted molar refractivity (Wildman–Crippen MR) is 47.5 cm³/mol. The molecule has 0 aliphatic carbocycles. The van der Waals surface area contributed by atoms with Crippen LogP contribution in [0.2, 0.25) is 0 Å². The fourth-order valence-corrected chi connectivity index (χ4v) is 1.37. The van der Waals surface area contributed by atoms with E-state index < -0.39 is 0 Å². The molecule has 0 saturated carbocycles. The van der Waals surface area contributed by atoms with Gasteiger partial charge in [-0.1, -0.05) is 23.5 Å². The summed E-state index contributed by atoms with van der Waals surface area (Å²) in [4.78, 5) is 0. The maximum atomic E-state index is 5.41. The molecule has 0 aromatic carbocycles. The fourth-order valence-electron chi connectivity index (χ4n) is 0.741. The Bertz CT molecular complexity index is 242. The van der Waals surface area contributed by atoms with Gasteiger partial charge >= 0.3 is 0 Å². The molecule has 4 heteroatoms. The van der Waals surface area contributed by atoms with E-state index in [1.165, 1.54) is 11.3 Å². The monoisotopic (exact) mass is 169 g/mol. The van der Waals surface area contributed by atoms with E-state index in [0.717, 1.165) is 17.8 Å². The van der Waals surface area contributed by atoms with Crippen molar-refractivity contribution in [1.29, 1.82) is 0 Å². The van der Waals surface area contributed by atoms with E-state index in [2.05, 4.69) is 16.3 Å². The Morgan fingerprint density at radius 2 is 2.36 bits per heavy atom. The SMILES string of the molecule is CC=CCCc1nnc(N)s1. The lowest BCUT2D eigenvalue weighted by molar-refractivity contribution is 0.928. The minimum atomic E-state index is 0.556. The minimum absolute atomic E-state index is 0.556. The molecule has 2 N–H and O–H groups in total. The van der Waals surface area contributed by atoms with Crippen LogP contribution in [0.15, 0.2) is 12.2 Å². The zero-order chi connectivity index (χ0) is 8.10. The Labute approximate surface area is 70.0 Å². The summed E-state index contributed by atoms with van der Waals surface area (Å²) in [6, 6.07) is 0. The van der Waals surface area contributed by atoms with Crippen molar-refractivity contribution in [3.8, 4) is 0 Å². The number of nitrogens with two attached hydrogens (primary N) is 1. The van der Waals surface area contributed by atoms with Gasteiger partial charge in [-0.15, -0.1) is 10.2 Å². The van der Waals surface area contributed by atoms with E-state index >= 15 is 0 Å². The average Bonchev–Trinajstić information content (AvgIpc) is 2.37. The van der Waals surface area contributed by atoms with E-state index in [1.807, 2.05) is 13.0 Å². The molecule has 60 valence electrons. The summed E-state index contributed by atoms with van der Waals surface area (Å²) in [6.45, 7) is 2.01. The molecule has 0 atom stereocenters. The number of rotatable bonds is 3. The zero-order valence-electron chi connectivity index (χ0n) is 6.45. The lowest BCUT2D eigenvalue weighted by Gasteiger charge is -1.85. The van der Waals surface area contributed by atoms with E-state index in [4.69, 9.17) is 5.73 Å². The van der Waals surface area contributed by atoms with Gasteiger partial charge in [0, 0.05) is 6.42 Å². The fraction of sp³-hybridized carbons (Fsp3) is 0.429. The molecule has 3 nitrogen and oxygen atoms in total. The summed E-state index contributed by atoms with van der Waals surface area (Å²) in [5, 5.41) is 9.19. The van der Waals surface area contributed by atoms with Gasteiger partial charge in [-0.25, -0.2) is 0 Å². The Kier molecular flexibility index (Phi) is 3.04. The van der Waals surface area contributed by atoms with Gasteiger partial charge < -0.3 is 5.73 Å². The van der Waals surface area contributed by atoms with Crippen molar-refractivity contribution in [2.45, 2.75) is 19.8 Å². The molecule has 1 aromatic rings. The van der Waals surface area contributed by atoms with Gasteiger partial charge in [-0.2, -0.15) is 0 Å². The summed E-state index contributed by atoms with van der Waals surface area (Å²) in [5.74, 6) is 0. The molecule has 11 heavy (non-hydrogen) atoms. The predicted octanol–water partition coefficient (Wildman–Crippen LogP) is 1.63. The highest BCUT2D eigenvalue weighted by Gasteiger charge is 1.97. The molecule has 0 amide bonds. The normalized spacial score (nSPS) is 11.0. The van der Waals surface area contributed by atoms with Crippen molar-refractivity contribution in [1.82, 2.24) is 10.2 Å². The number of nitrogen functional groups attached to an aromatic ring is 1. The highest BCUT2D eigenvalue weighted by molar-refractivity contribution is 7.15. The van der Waals surface area contributed by atoms with Crippen LogP contribution >= 0.6 is 11.3 Å². The molecule has 1 heterocycles. The molecule has 0 unspecified atom stereocenters. The summed E-state index contributed by atoms with van der Waals surface area (Å²) in [5.41, 5.74) is 5.41. The number of hydrogen-bond donors (Lipinski definition) is 1. The van der Waals surface area contributed by atoms with Crippen LogP contribution in [0.3, 0.4) is 0 Å². The van der Waals surface area contributed by atoms with Gasteiger partial charge in [-0.3, -0.25) is 0 Å². The van der Waals surface area contributed by atoms with Gasteiger partial charge in [0.15, 0.2) is 0 Å². The molecular weight excluding hydrogens is 158 g/mol. The zero-order valence-corrected chi connectivity index (χ0v) is 7.27. The number of aromatic nitrogens is 2. The molecule has 0 fully saturated rings. The van der Waals surface area contributed by atoms with Crippen molar-refractivity contribution < 1.29 is 0 Å². The highest BCUT2D eigenvalue weighted by Crippen LogP contribution is 2.12. The van der Waals surface area contributed by atoms with E-state index in [-0.39, 0.29) is 0 Å². The van der Waals surface area contributed by atoms with Crippen LogP contribution in [-0.2, 0) is 6.42 Å². The van der Waals surface area contributed by atoms with Crippen LogP contribution in [0.1, 0.15) is 18.4 Å². The van der Waals surface area contributed by atoms with Gasteiger partial charge in [0.2, 0.25) is 5.13 Å². The third-order valence-electron chi connectivity index (χ3n) is 1.24. The lowest BCUT2D eigenvalue weighted by atomic mass is 10.3. The van der Waals surface area contributed by atoms with Crippen LogP contribution in [0.5, 0.6) is 0 Å². The molecular formula is C7H11N3S. The Hall–Kier alpha value is -0.900. The maximum absolute atomic E-state index is 5.41. The van der Waals surface area contributed by atoms with Crippen molar-refractivity contribution in [3.63, 3.8) is 0 Å². The molecule has 0 radical (unpaired) electrons. The van der Waals surface area contributed by atoms with Crippen molar-refractivity contribution in [3.05, 3.63) is 17.2 Å². The summed E-state index contributed by atoms with van der Waals surface area (Å²) < 4.78 is 0. The Morgan fingerprint density at radius 1 is 1.55 bits per heavy atom. The maximum Gasteiger partial charge on any atom is 0.203 e. The summed E-state index contributed by atoms with van der Waals surface area (Å²) in [6.07, 6.45) is 6.10. The van der Waals surface area contributed by atoms with Crippen LogP contribution in [0.25, 0.3) is 0 Å². The molecule has 1 rings (SSSR count). The molecule has 1 aromatic heterocycles. The van der Waals surface area contributed by atoms with E-state index in [9.17, 15) is 0 Å². The van der Waals surface area contributed by atoms with Crippen molar-refractivity contribution in [2.24, 2.45) is 0 Å². The highest BCUT2D eigenvalue weighted by atomic mass is 32.1. The minimum Gasteiger partial charge on any atom is -0.374 e. The Balaban J connectivity index is 2.38. The first-order valence-electron chi connectivity index (χ1n) is 3.52. The molecule has 0 saturated heterocycles. The standard InChI is InChI=1S/C7H11N3S/c1-2-3-4-5-6-9-10-7(8)11-6/h2-3H,4-5H2,1H3,(H2,8,10). The van der Waals surface area contributed by atoms with E-state index in [0.29, 0.717) is 5.13 Å². The lowest BCUT2D eigenvalue weighted by Crippen LogP contribution is -1.81. The molecule has 0 bridgehead atoms. The topological polar surface area (TPSA) is 51.8 Å². The molecule has 0 spiro atoms. The number of anilines is 1. The third-order valence-corrected chi connectivity index (χ3v) is 2.06. The van der Waals surface area contributed by atoms with Crippen LogP contribution in [0, 0.1) is 0 Å². The molecule has 0 aliphatic heterocycles. The van der Waals surface area contributed by atoms with Crippen LogP contribution in [-0.4, -0.2) is 10.2 Å². The number of hydrogen-bond acceptors (Lipinski definition) is 4.